The summed E-state index contributed by atoms with van der Waals surface area (Å²) in [5.41, 5.74) is 1.33. The average Bonchev–Trinajstić information content (AvgIpc) is 3.61. The van der Waals surface area contributed by atoms with E-state index in [1.165, 1.54) is 11.1 Å². The van der Waals surface area contributed by atoms with Gasteiger partial charge < -0.3 is 15.1 Å². The van der Waals surface area contributed by atoms with Crippen LogP contribution in [0.1, 0.15) is 12.0 Å². The highest BCUT2D eigenvalue weighted by Crippen LogP contribution is 2.39. The van der Waals surface area contributed by atoms with Crippen LogP contribution in [0.5, 0.6) is 0 Å². The van der Waals surface area contributed by atoms with Crippen LogP contribution in [0.15, 0.2) is 49.2 Å². The van der Waals surface area contributed by atoms with E-state index in [0.717, 1.165) is 11.1 Å². The van der Waals surface area contributed by atoms with Crippen LogP contribution >= 0.6 is 0 Å². The highest BCUT2D eigenvalue weighted by atomic mass is 19.4. The number of anilines is 1. The van der Waals surface area contributed by atoms with Gasteiger partial charge in [0.1, 0.15) is 11.9 Å². The number of aryl methyl sites for hydroxylation is 1. The summed E-state index contributed by atoms with van der Waals surface area (Å²) in [6.07, 6.45) is -1.77. The number of carboxylic acids is 1. The highest BCUT2D eigenvalue weighted by molar-refractivity contribution is 5.87. The number of aromatic nitrogens is 5. The zero-order valence-corrected chi connectivity index (χ0v) is 20.4. The third-order valence-electron chi connectivity index (χ3n) is 6.17. The van der Waals surface area contributed by atoms with Crippen LogP contribution in [0, 0.1) is 11.3 Å². The minimum atomic E-state index is -5.08. The Kier molecular flexibility index (Phi) is 7.20. The molecule has 0 bridgehead atoms. The molecule has 0 aliphatic carbocycles. The fourth-order valence-corrected chi connectivity index (χ4v) is 4.10. The lowest BCUT2D eigenvalue weighted by Gasteiger charge is -2.26. The van der Waals surface area contributed by atoms with Crippen molar-refractivity contribution in [2.24, 2.45) is 7.05 Å². The van der Waals surface area contributed by atoms with Crippen LogP contribution < -0.4 is 4.90 Å². The van der Waals surface area contributed by atoms with E-state index in [1.807, 2.05) is 19.3 Å². The van der Waals surface area contributed by atoms with Gasteiger partial charge in [0.05, 0.1) is 30.0 Å². The van der Waals surface area contributed by atoms with Gasteiger partial charge in [0.25, 0.3) is 0 Å². The van der Waals surface area contributed by atoms with E-state index in [2.05, 4.69) is 21.3 Å². The minimum absolute atomic E-state index is 0.0459. The molecule has 0 amide bonds. The Balaban J connectivity index is 0.000000470. The number of hydrogen-bond donors (Lipinski definition) is 2. The highest BCUT2D eigenvalue weighted by Gasteiger charge is 2.57. The summed E-state index contributed by atoms with van der Waals surface area (Å²) in [5.74, 6) is -2.42. The van der Waals surface area contributed by atoms with Crippen LogP contribution in [-0.2, 0) is 11.8 Å². The van der Waals surface area contributed by atoms with E-state index < -0.39 is 36.9 Å². The molecule has 10 nitrogen and oxygen atoms in total. The van der Waals surface area contributed by atoms with Gasteiger partial charge in [-0.2, -0.15) is 41.8 Å². The third kappa shape index (κ3) is 5.54. The lowest BCUT2D eigenvalue weighted by Crippen LogP contribution is -2.47. The maximum Gasteiger partial charge on any atom is 0.490 e. The Morgan fingerprint density at radius 1 is 1.05 bits per heavy atom. The maximum atomic E-state index is 13.2. The smallest absolute Gasteiger partial charge is 0.475 e. The van der Waals surface area contributed by atoms with E-state index in [1.54, 1.807) is 39.9 Å². The van der Waals surface area contributed by atoms with Gasteiger partial charge in [0.15, 0.2) is 5.60 Å². The number of nitrogens with zero attached hydrogens (tertiary/aromatic N) is 7. The molecule has 1 aliphatic rings. The first-order valence-corrected chi connectivity index (χ1v) is 11.3. The Labute approximate surface area is 221 Å². The number of aliphatic hydroxyl groups is 1. The molecule has 5 heterocycles. The molecule has 16 heteroatoms. The molecule has 0 saturated carbocycles. The largest absolute Gasteiger partial charge is 0.490 e. The first-order valence-electron chi connectivity index (χ1n) is 11.3. The van der Waals surface area contributed by atoms with Gasteiger partial charge in [-0.25, -0.2) is 14.3 Å². The second kappa shape index (κ2) is 10.2. The molecule has 1 unspecified atom stereocenters. The summed E-state index contributed by atoms with van der Waals surface area (Å²) in [5, 5.41) is 35.1. The number of halogens is 6. The molecule has 0 radical (unpaired) electrons. The normalized spacial score (nSPS) is 17.4. The van der Waals surface area contributed by atoms with Crippen LogP contribution in [0.4, 0.5) is 32.2 Å². The first-order chi connectivity index (χ1) is 18.6. The van der Waals surface area contributed by atoms with Gasteiger partial charge >= 0.3 is 18.3 Å². The standard InChI is InChI=1S/C22H18F3N7O.C2HF3O2/c1-30-11-17(10-28-30)15-6-18(20-16(7-26)9-29-32(20)12-15)14-2-3-19(27-8-14)31-5-4-21(33,13-31)22(23,24)25;3-2(4,5)1(6)7/h2-3,6,8-12,33H,4-5,13H2,1H3;(H,6,7). The Bertz CT molecular complexity index is 1590. The predicted octanol–water partition coefficient (Wildman–Crippen LogP) is 3.81. The van der Waals surface area contributed by atoms with Gasteiger partial charge in [-0.15, -0.1) is 0 Å². The molecule has 1 atom stereocenters. The number of alkyl halides is 6. The molecule has 4 aromatic heterocycles. The maximum absolute atomic E-state index is 13.2. The van der Waals surface area contributed by atoms with Crippen molar-refractivity contribution in [3.8, 4) is 28.3 Å². The summed E-state index contributed by atoms with van der Waals surface area (Å²) in [6.45, 7) is -0.519. The molecule has 40 heavy (non-hydrogen) atoms. The minimum Gasteiger partial charge on any atom is -0.475 e. The van der Waals surface area contributed by atoms with Crippen molar-refractivity contribution in [3.63, 3.8) is 0 Å². The van der Waals surface area contributed by atoms with Crippen molar-refractivity contribution in [3.05, 3.63) is 54.7 Å². The number of hydrogen-bond acceptors (Lipinski definition) is 7. The molecule has 1 aliphatic heterocycles. The molecule has 5 rings (SSSR count). The second-order valence-corrected chi connectivity index (χ2v) is 8.92. The third-order valence-corrected chi connectivity index (χ3v) is 6.17. The quantitative estimate of drug-likeness (QED) is 0.358. The SMILES string of the molecule is Cn1cc(-c2cc(-c3ccc(N4CCC(O)(C(F)(F)F)C4)nc3)c3c(C#N)cnn3c2)cn1.O=C(O)C(F)(F)F. The van der Waals surface area contributed by atoms with Crippen molar-refractivity contribution < 1.29 is 41.4 Å². The van der Waals surface area contributed by atoms with Crippen molar-refractivity contribution in [2.75, 3.05) is 18.0 Å². The summed E-state index contributed by atoms with van der Waals surface area (Å²) < 4.78 is 74.5. The number of rotatable bonds is 3. The van der Waals surface area contributed by atoms with Crippen molar-refractivity contribution in [1.82, 2.24) is 24.4 Å². The molecule has 2 N–H and O–H groups in total. The van der Waals surface area contributed by atoms with E-state index in [4.69, 9.17) is 9.90 Å². The molecule has 0 aromatic carbocycles. The molecule has 0 spiro atoms. The summed E-state index contributed by atoms with van der Waals surface area (Å²) in [4.78, 5) is 14.7. The Hall–Kier alpha value is -4.65. The lowest BCUT2D eigenvalue weighted by molar-refractivity contribution is -0.250. The van der Waals surface area contributed by atoms with E-state index in [9.17, 15) is 36.7 Å². The monoisotopic (exact) mass is 567 g/mol. The van der Waals surface area contributed by atoms with Gasteiger partial charge in [-0.3, -0.25) is 4.68 Å². The first kappa shape index (κ1) is 28.4. The number of carbonyl (C=O) groups is 1. The number of carboxylic acid groups (broad SMARTS) is 1. The fourth-order valence-electron chi connectivity index (χ4n) is 4.10. The molecule has 1 fully saturated rings. The van der Waals surface area contributed by atoms with Gasteiger partial charge in [-0.05, 0) is 18.2 Å². The van der Waals surface area contributed by atoms with Crippen LogP contribution in [0.25, 0.3) is 27.8 Å². The molecular weight excluding hydrogens is 548 g/mol. The summed E-state index contributed by atoms with van der Waals surface area (Å²) in [7, 11) is 1.81. The van der Waals surface area contributed by atoms with Crippen molar-refractivity contribution in [1.29, 1.82) is 5.26 Å². The number of aliphatic carboxylic acids is 1. The van der Waals surface area contributed by atoms with Gasteiger partial charge in [-0.1, -0.05) is 0 Å². The van der Waals surface area contributed by atoms with Gasteiger partial charge in [0, 0.05) is 60.9 Å². The molecular formula is C24H19F6N7O3. The number of β-amino-alcohol motifs (C(OH)–C–C–N with tert-alkyl or cyclic N) is 1. The topological polar surface area (TPSA) is 133 Å². The van der Waals surface area contributed by atoms with Crippen LogP contribution in [0.2, 0.25) is 0 Å². The fraction of sp³-hybridized carbons (Fsp3) is 0.292. The van der Waals surface area contributed by atoms with E-state index in [0.29, 0.717) is 28.0 Å². The van der Waals surface area contributed by atoms with Gasteiger partial charge in [0.2, 0.25) is 0 Å². The summed E-state index contributed by atoms with van der Waals surface area (Å²) >= 11 is 0. The Morgan fingerprint density at radius 3 is 2.25 bits per heavy atom. The van der Waals surface area contributed by atoms with E-state index >= 15 is 0 Å². The number of nitriles is 1. The second-order valence-electron chi connectivity index (χ2n) is 8.92. The van der Waals surface area contributed by atoms with E-state index in [-0.39, 0.29) is 6.54 Å². The molecule has 210 valence electrons. The predicted molar refractivity (Wildman–Crippen MR) is 127 cm³/mol. The number of pyridine rings is 2. The van der Waals surface area contributed by atoms with Crippen LogP contribution in [-0.4, -0.2) is 71.6 Å². The molecule has 4 aromatic rings. The van der Waals surface area contributed by atoms with Crippen molar-refractivity contribution >= 4 is 17.3 Å². The zero-order valence-electron chi connectivity index (χ0n) is 20.4. The van der Waals surface area contributed by atoms with Crippen molar-refractivity contribution in [2.45, 2.75) is 24.4 Å². The Morgan fingerprint density at radius 2 is 1.75 bits per heavy atom. The molecule has 1 saturated heterocycles. The number of fused-ring (bicyclic) bond motifs is 1. The summed E-state index contributed by atoms with van der Waals surface area (Å²) in [6, 6.07) is 7.40. The zero-order chi connectivity index (χ0) is 29.5. The van der Waals surface area contributed by atoms with Crippen LogP contribution in [0.3, 0.4) is 0 Å². The lowest BCUT2D eigenvalue weighted by atomic mass is 10.0. The average molecular weight is 567 g/mol.